The van der Waals surface area contributed by atoms with Gasteiger partial charge in [0, 0.05) is 19.1 Å². The maximum atomic E-state index is 13.2. The Kier molecular flexibility index (Phi) is 3.53. The minimum Gasteiger partial charge on any atom is -0.454 e. The first-order valence-corrected chi connectivity index (χ1v) is 11.0. The van der Waals surface area contributed by atoms with Crippen LogP contribution in [0, 0.1) is 5.92 Å². The lowest BCUT2D eigenvalue weighted by Crippen LogP contribution is -2.59. The van der Waals surface area contributed by atoms with Crippen molar-refractivity contribution >= 4 is 15.9 Å². The Balaban J connectivity index is 1.56. The Morgan fingerprint density at radius 1 is 1.15 bits per heavy atom. The molecule has 0 radical (unpaired) electrons. The SMILES string of the molecule is CS(=O)(=O)N1CCC[C@@H]2C(=O)N3CCc4cc5c(cc4[C@@H]3C[C@@H]21)OCO5. The van der Waals surface area contributed by atoms with Crippen LogP contribution in [0.2, 0.25) is 0 Å². The molecule has 8 heteroatoms. The van der Waals surface area contributed by atoms with Crippen molar-refractivity contribution in [3.05, 3.63) is 23.3 Å². The Labute approximate surface area is 152 Å². The molecule has 0 aromatic heterocycles. The number of ether oxygens (including phenoxy) is 2. The highest BCUT2D eigenvalue weighted by Crippen LogP contribution is 2.47. The second-order valence-electron chi connectivity index (χ2n) is 7.63. The number of carbonyl (C=O) groups excluding carboxylic acids is 1. The number of nitrogens with zero attached hydrogens (tertiary/aromatic N) is 2. The van der Waals surface area contributed by atoms with Crippen LogP contribution in [-0.2, 0) is 21.2 Å². The number of fused-ring (bicyclic) bond motifs is 5. The number of sulfonamides is 1. The number of hydrogen-bond acceptors (Lipinski definition) is 5. The summed E-state index contributed by atoms with van der Waals surface area (Å²) in [5.74, 6) is 1.35. The van der Waals surface area contributed by atoms with Crippen molar-refractivity contribution in [1.82, 2.24) is 9.21 Å². The normalized spacial score (nSPS) is 30.6. The van der Waals surface area contributed by atoms with E-state index in [1.54, 1.807) is 4.31 Å². The molecule has 0 N–H and O–H groups in total. The fourth-order valence-electron chi connectivity index (χ4n) is 5.06. The van der Waals surface area contributed by atoms with Crippen LogP contribution in [0.4, 0.5) is 0 Å². The highest BCUT2D eigenvalue weighted by atomic mass is 32.2. The molecule has 26 heavy (non-hydrogen) atoms. The van der Waals surface area contributed by atoms with E-state index < -0.39 is 10.0 Å². The van der Waals surface area contributed by atoms with Crippen molar-refractivity contribution < 1.29 is 22.7 Å². The molecule has 7 nitrogen and oxygen atoms in total. The summed E-state index contributed by atoms with van der Waals surface area (Å²) in [7, 11) is -3.33. The van der Waals surface area contributed by atoms with Crippen LogP contribution in [-0.4, -0.2) is 55.7 Å². The number of carbonyl (C=O) groups is 1. The van der Waals surface area contributed by atoms with E-state index in [1.807, 2.05) is 17.0 Å². The summed E-state index contributed by atoms with van der Waals surface area (Å²) in [4.78, 5) is 15.1. The molecule has 1 aromatic carbocycles. The van der Waals surface area contributed by atoms with Crippen molar-refractivity contribution in [3.63, 3.8) is 0 Å². The Hall–Kier alpha value is -1.80. The van der Waals surface area contributed by atoms with Gasteiger partial charge in [0.2, 0.25) is 22.7 Å². The average Bonchev–Trinajstić information content (AvgIpc) is 3.06. The quantitative estimate of drug-likeness (QED) is 0.736. The zero-order chi connectivity index (χ0) is 18.1. The molecular formula is C18H22N2O5S. The van der Waals surface area contributed by atoms with E-state index in [9.17, 15) is 13.2 Å². The van der Waals surface area contributed by atoms with Gasteiger partial charge in [-0.05, 0) is 48.9 Å². The van der Waals surface area contributed by atoms with Crippen molar-refractivity contribution in [2.75, 3.05) is 26.1 Å². The Morgan fingerprint density at radius 2 is 1.92 bits per heavy atom. The van der Waals surface area contributed by atoms with Crippen LogP contribution in [0.15, 0.2) is 12.1 Å². The molecule has 2 saturated heterocycles. The van der Waals surface area contributed by atoms with Crippen LogP contribution in [0.5, 0.6) is 11.5 Å². The molecule has 140 valence electrons. The monoisotopic (exact) mass is 378 g/mol. The van der Waals surface area contributed by atoms with Gasteiger partial charge in [-0.25, -0.2) is 8.42 Å². The largest absolute Gasteiger partial charge is 0.454 e. The lowest BCUT2D eigenvalue weighted by Gasteiger charge is -2.50. The topological polar surface area (TPSA) is 76.2 Å². The zero-order valence-corrected chi connectivity index (χ0v) is 15.5. The van der Waals surface area contributed by atoms with E-state index in [-0.39, 0.29) is 30.7 Å². The molecular weight excluding hydrogens is 356 g/mol. The molecule has 4 heterocycles. The molecule has 0 spiro atoms. The smallest absolute Gasteiger partial charge is 0.231 e. The summed E-state index contributed by atoms with van der Waals surface area (Å²) in [5.41, 5.74) is 2.25. The van der Waals surface area contributed by atoms with Gasteiger partial charge < -0.3 is 14.4 Å². The Morgan fingerprint density at radius 3 is 2.69 bits per heavy atom. The number of benzene rings is 1. The summed E-state index contributed by atoms with van der Waals surface area (Å²) >= 11 is 0. The van der Waals surface area contributed by atoms with Crippen LogP contribution < -0.4 is 9.47 Å². The maximum Gasteiger partial charge on any atom is 0.231 e. The lowest BCUT2D eigenvalue weighted by atomic mass is 9.77. The number of rotatable bonds is 1. The molecule has 2 fully saturated rings. The standard InChI is InChI=1S/C18H22N2O5S/c1-26(22,23)20-5-2-3-12-15(20)9-14-13-8-17-16(24-10-25-17)7-11(13)4-6-19(14)18(12)21/h7-8,12,14-15H,2-6,9-10H2,1H3/t12-,14-,15-/m0/s1. The van der Waals surface area contributed by atoms with Gasteiger partial charge in [0.25, 0.3) is 0 Å². The maximum absolute atomic E-state index is 13.2. The van der Waals surface area contributed by atoms with Crippen molar-refractivity contribution in [3.8, 4) is 11.5 Å². The van der Waals surface area contributed by atoms with E-state index in [4.69, 9.17) is 9.47 Å². The van der Waals surface area contributed by atoms with Crippen molar-refractivity contribution in [1.29, 1.82) is 0 Å². The zero-order valence-electron chi connectivity index (χ0n) is 14.7. The minimum absolute atomic E-state index is 0.0932. The molecule has 3 atom stereocenters. The van der Waals surface area contributed by atoms with E-state index in [0.29, 0.717) is 25.3 Å². The molecule has 4 aliphatic rings. The van der Waals surface area contributed by atoms with Gasteiger partial charge in [-0.15, -0.1) is 0 Å². The summed E-state index contributed by atoms with van der Waals surface area (Å²) in [5, 5.41) is 0. The lowest BCUT2D eigenvalue weighted by molar-refractivity contribution is -0.147. The van der Waals surface area contributed by atoms with Crippen molar-refractivity contribution in [2.24, 2.45) is 5.92 Å². The molecule has 0 bridgehead atoms. The third-order valence-electron chi connectivity index (χ3n) is 6.21. The molecule has 4 aliphatic heterocycles. The molecule has 1 amide bonds. The summed E-state index contributed by atoms with van der Waals surface area (Å²) in [6, 6.07) is 3.66. The third-order valence-corrected chi connectivity index (χ3v) is 7.52. The van der Waals surface area contributed by atoms with Gasteiger partial charge in [-0.3, -0.25) is 4.79 Å². The molecule has 5 rings (SSSR count). The van der Waals surface area contributed by atoms with Gasteiger partial charge >= 0.3 is 0 Å². The first-order chi connectivity index (χ1) is 12.4. The average molecular weight is 378 g/mol. The summed E-state index contributed by atoms with van der Waals surface area (Å²) in [6.45, 7) is 1.41. The highest BCUT2D eigenvalue weighted by Gasteiger charge is 2.49. The minimum atomic E-state index is -3.33. The second-order valence-corrected chi connectivity index (χ2v) is 9.56. The fraction of sp³-hybridized carbons (Fsp3) is 0.611. The van der Waals surface area contributed by atoms with E-state index in [1.165, 1.54) is 11.8 Å². The highest BCUT2D eigenvalue weighted by molar-refractivity contribution is 7.88. The third kappa shape index (κ3) is 2.35. The number of amides is 1. The summed E-state index contributed by atoms with van der Waals surface area (Å²) in [6.07, 6.45) is 4.21. The van der Waals surface area contributed by atoms with E-state index in [0.717, 1.165) is 30.6 Å². The molecule has 0 saturated carbocycles. The van der Waals surface area contributed by atoms with Crippen LogP contribution in [0.25, 0.3) is 0 Å². The molecule has 1 aromatic rings. The predicted octanol–water partition coefficient (Wildman–Crippen LogP) is 1.29. The number of piperidine rings is 2. The predicted molar refractivity (Wildman–Crippen MR) is 93.4 cm³/mol. The van der Waals surface area contributed by atoms with Crippen molar-refractivity contribution in [2.45, 2.75) is 37.8 Å². The van der Waals surface area contributed by atoms with Crippen LogP contribution in [0.3, 0.4) is 0 Å². The van der Waals surface area contributed by atoms with Gasteiger partial charge in [-0.2, -0.15) is 4.31 Å². The first-order valence-electron chi connectivity index (χ1n) is 9.13. The summed E-state index contributed by atoms with van der Waals surface area (Å²) < 4.78 is 37.1. The van der Waals surface area contributed by atoms with Gasteiger partial charge in [0.1, 0.15) is 0 Å². The fourth-order valence-corrected chi connectivity index (χ4v) is 6.24. The Bertz CT molecular complexity index is 884. The van der Waals surface area contributed by atoms with E-state index in [2.05, 4.69) is 0 Å². The van der Waals surface area contributed by atoms with Gasteiger partial charge in [-0.1, -0.05) is 0 Å². The molecule has 0 unspecified atom stereocenters. The van der Waals surface area contributed by atoms with Gasteiger partial charge in [0.15, 0.2) is 11.5 Å². The van der Waals surface area contributed by atoms with Gasteiger partial charge in [0.05, 0.1) is 18.2 Å². The van der Waals surface area contributed by atoms with E-state index >= 15 is 0 Å². The number of hydrogen-bond donors (Lipinski definition) is 0. The molecule has 0 aliphatic carbocycles. The van der Waals surface area contributed by atoms with Crippen LogP contribution >= 0.6 is 0 Å². The second kappa shape index (κ2) is 5.60. The van der Waals surface area contributed by atoms with Crippen LogP contribution in [0.1, 0.15) is 36.4 Å². The first kappa shape index (κ1) is 16.4.